The Morgan fingerprint density at radius 2 is 0.538 bits per heavy atom. The highest BCUT2D eigenvalue weighted by molar-refractivity contribution is 6.34. The summed E-state index contributed by atoms with van der Waals surface area (Å²) in [6.45, 7) is 0. The van der Waals surface area contributed by atoms with Crippen LogP contribution < -0.4 is 11.5 Å². The van der Waals surface area contributed by atoms with Gasteiger partial charge in [0.2, 0.25) is 63.2 Å². The molecule has 0 bridgehead atoms. The molecule has 9 aromatic carbocycles. The second kappa shape index (κ2) is 14.7. The molecular formula is C49H32N2O27. The molecule has 11 rings (SSSR count). The summed E-state index contributed by atoms with van der Waals surface area (Å²) in [7, 11) is 0. The van der Waals surface area contributed by atoms with Crippen molar-refractivity contribution in [2.24, 2.45) is 11.5 Å². The highest BCUT2D eigenvalue weighted by atomic mass is 16.4. The fraction of sp³-hybridized carbons (Fsp3) is 0.0204. The monoisotopic (exact) mass is 1080 g/mol. The summed E-state index contributed by atoms with van der Waals surface area (Å²) in [4.78, 5) is 0. The molecule has 30 N–H and O–H groups in total. The Kier molecular flexibility index (Phi) is 9.17. The molecule has 1 aliphatic rings. The van der Waals surface area contributed by atoms with Gasteiger partial charge in [-0.25, -0.2) is 0 Å². The van der Waals surface area contributed by atoms with Gasteiger partial charge in [-0.05, 0) is 11.6 Å². The molecular weight excluding hydrogens is 1050 g/mol. The van der Waals surface area contributed by atoms with Crippen molar-refractivity contribution in [1.82, 2.24) is 0 Å². The molecule has 10 aromatic rings. The van der Waals surface area contributed by atoms with Gasteiger partial charge in [0.25, 0.3) is 0 Å². The Labute approximate surface area is 425 Å². The lowest BCUT2D eigenvalue weighted by atomic mass is 9.81. The molecule has 0 saturated carbocycles. The first-order valence-corrected chi connectivity index (χ1v) is 21.5. The van der Waals surface area contributed by atoms with Crippen molar-refractivity contribution in [1.29, 1.82) is 0 Å². The summed E-state index contributed by atoms with van der Waals surface area (Å²) in [6.07, 6.45) is 0. The summed E-state index contributed by atoms with van der Waals surface area (Å²) in [6, 6.07) is 1.72. The van der Waals surface area contributed by atoms with Gasteiger partial charge >= 0.3 is 0 Å². The highest BCUT2D eigenvalue weighted by Crippen LogP contribution is 2.70. The minimum atomic E-state index is -2.70. The Bertz CT molecular complexity index is 4520. The zero-order valence-electron chi connectivity index (χ0n) is 37.8. The van der Waals surface area contributed by atoms with E-state index < -0.39 is 265 Å². The first-order chi connectivity index (χ1) is 36.4. The van der Waals surface area contributed by atoms with Crippen molar-refractivity contribution in [3.8, 4) is 194 Å². The first kappa shape index (κ1) is 48.5. The number of fused-ring (bicyclic) bond motifs is 10. The number of phenols is 26. The van der Waals surface area contributed by atoms with Crippen LogP contribution in [0.3, 0.4) is 0 Å². The van der Waals surface area contributed by atoms with E-state index in [0.717, 1.165) is 12.1 Å². The molecule has 0 amide bonds. The van der Waals surface area contributed by atoms with E-state index in [9.17, 15) is 133 Å². The molecule has 0 aliphatic heterocycles. The van der Waals surface area contributed by atoms with Gasteiger partial charge in [0, 0.05) is 65.7 Å². The summed E-state index contributed by atoms with van der Waals surface area (Å²) in [5.41, 5.74) is -2.39. The van der Waals surface area contributed by atoms with Crippen LogP contribution in [-0.2, 0) is 5.66 Å². The lowest BCUT2D eigenvalue weighted by Crippen LogP contribution is -2.45. The third kappa shape index (κ3) is 5.26. The van der Waals surface area contributed by atoms with Crippen molar-refractivity contribution in [2.75, 3.05) is 0 Å². The van der Waals surface area contributed by atoms with Gasteiger partial charge in [-0.15, -0.1) is 0 Å². The van der Waals surface area contributed by atoms with E-state index in [0.29, 0.717) is 0 Å². The van der Waals surface area contributed by atoms with Crippen LogP contribution in [0.1, 0.15) is 11.1 Å². The van der Waals surface area contributed by atoms with Crippen molar-refractivity contribution in [3.05, 3.63) is 23.3 Å². The van der Waals surface area contributed by atoms with E-state index in [4.69, 9.17) is 15.9 Å². The fourth-order valence-electron chi connectivity index (χ4n) is 10.5. The Morgan fingerprint density at radius 1 is 0.218 bits per heavy atom. The van der Waals surface area contributed by atoms with Crippen LogP contribution in [0.15, 0.2) is 16.5 Å². The second-order valence-corrected chi connectivity index (χ2v) is 17.9. The van der Waals surface area contributed by atoms with Crippen LogP contribution in [0.4, 0.5) is 0 Å². The predicted octanol–water partition coefficient (Wildman–Crippen LogP) is 4.49. The number of benzene rings is 9. The number of rotatable bonds is 3. The maximum absolute atomic E-state index is 12.5. The maximum Gasteiger partial charge on any atom is 0.205 e. The minimum absolute atomic E-state index is 0.393. The van der Waals surface area contributed by atoms with Gasteiger partial charge in [0.05, 0.1) is 27.5 Å². The largest absolute Gasteiger partial charge is 0.507 e. The average molecular weight is 1080 g/mol. The smallest absolute Gasteiger partial charge is 0.205 e. The summed E-state index contributed by atoms with van der Waals surface area (Å²) in [5, 5.41) is 285. The topological polar surface area (TPSA) is 591 Å². The number of phenolic OH excluding ortho intramolecular Hbond substituents is 26. The molecule has 400 valence electrons. The van der Waals surface area contributed by atoms with E-state index in [-0.39, 0.29) is 0 Å². The van der Waals surface area contributed by atoms with Crippen molar-refractivity contribution < 1.29 is 137 Å². The Balaban J connectivity index is 1.35. The normalized spacial score (nSPS) is 12.9. The predicted molar refractivity (Wildman–Crippen MR) is 260 cm³/mol. The van der Waals surface area contributed by atoms with Gasteiger partial charge in [0.15, 0.2) is 80.2 Å². The molecule has 0 fully saturated rings. The molecule has 0 radical (unpaired) electrons. The first-order valence-electron chi connectivity index (χ1n) is 21.5. The van der Waals surface area contributed by atoms with Crippen molar-refractivity contribution in [3.63, 3.8) is 0 Å². The standard InChI is InChI=1S/C49H32N2O27/c50-49(51)19-3(5-20(49)35(66)44(75)37(68)24(5)55)1-2-4(21(19)52)6-22(53)15(31(62)36(67)25(6)56)7-9-11(28(59)40(71)38(69)26(9)57)8(12-10(7)27(58)39(70)41(72)29(12)60)16-23(54)18-14-13-17(32(63)43(74)42(73)30(13)61)34(65)45(76)47(14)78-48(18)46(77)33(16)64/h1-2,52-77H,50-51H2. The molecule has 29 nitrogen and oxygen atoms in total. The number of nitrogens with two attached hydrogens (primary N) is 2. The van der Waals surface area contributed by atoms with Gasteiger partial charge in [-0.3, -0.25) is 0 Å². The van der Waals surface area contributed by atoms with E-state index in [2.05, 4.69) is 0 Å². The SMILES string of the molecule is NC1(N)c2c(ccc(-c3c(O)c(O)c(O)c(-c4c5c(O)c(O)c(O)c(O)c5c(-c5c(O)c(O)c6oc7c(O)c(O)c8c(O)c(O)c(O)c(O)c8c7c6c5O)c5c(O)c(O)c(O)c(O)c45)c3O)c2O)-c2c(O)c(O)c(O)c(O)c21. The van der Waals surface area contributed by atoms with Crippen LogP contribution in [0.25, 0.3) is 98.8 Å². The summed E-state index contributed by atoms with van der Waals surface area (Å²) >= 11 is 0. The molecule has 0 saturated heterocycles. The van der Waals surface area contributed by atoms with Crippen LogP contribution in [0.5, 0.6) is 149 Å². The molecule has 0 unspecified atom stereocenters. The quantitative estimate of drug-likeness (QED) is 0.0501. The third-order valence-corrected chi connectivity index (χ3v) is 14.0. The van der Waals surface area contributed by atoms with Gasteiger partial charge < -0.3 is 149 Å². The number of hydrogen-bond acceptors (Lipinski definition) is 29. The van der Waals surface area contributed by atoms with E-state index >= 15 is 0 Å². The van der Waals surface area contributed by atoms with Crippen LogP contribution in [-0.4, -0.2) is 133 Å². The zero-order valence-corrected chi connectivity index (χ0v) is 37.8. The maximum atomic E-state index is 12.5. The lowest BCUT2D eigenvalue weighted by Gasteiger charge is -2.26. The van der Waals surface area contributed by atoms with Gasteiger partial charge in [-0.1, -0.05) is 6.07 Å². The number of hydrogen-bond donors (Lipinski definition) is 28. The molecule has 0 atom stereocenters. The van der Waals surface area contributed by atoms with E-state index in [1.807, 2.05) is 0 Å². The molecule has 1 aromatic heterocycles. The molecule has 1 heterocycles. The average Bonchev–Trinajstić information content (AvgIpc) is 4.08. The third-order valence-electron chi connectivity index (χ3n) is 14.0. The summed E-state index contributed by atoms with van der Waals surface area (Å²) in [5.74, 6) is -40.4. The number of furan rings is 1. The minimum Gasteiger partial charge on any atom is -0.507 e. The zero-order chi connectivity index (χ0) is 57.2. The Morgan fingerprint density at radius 3 is 1.03 bits per heavy atom. The Hall–Kier alpha value is -11.7. The molecule has 0 spiro atoms. The number of aromatic hydroxyl groups is 26. The highest BCUT2D eigenvalue weighted by Gasteiger charge is 2.47. The fourth-order valence-corrected chi connectivity index (χ4v) is 10.5. The van der Waals surface area contributed by atoms with Crippen molar-refractivity contribution >= 4 is 54.3 Å². The van der Waals surface area contributed by atoms with E-state index in [1.54, 1.807) is 0 Å². The second-order valence-electron chi connectivity index (χ2n) is 17.9. The molecule has 78 heavy (non-hydrogen) atoms. The molecule has 29 heteroatoms. The van der Waals surface area contributed by atoms with E-state index in [1.165, 1.54) is 0 Å². The van der Waals surface area contributed by atoms with Gasteiger partial charge in [0.1, 0.15) is 22.9 Å². The lowest BCUT2D eigenvalue weighted by molar-refractivity contribution is 0.340. The van der Waals surface area contributed by atoms with Crippen LogP contribution >= 0.6 is 0 Å². The summed E-state index contributed by atoms with van der Waals surface area (Å²) < 4.78 is 5.49. The van der Waals surface area contributed by atoms with Crippen LogP contribution in [0.2, 0.25) is 0 Å². The van der Waals surface area contributed by atoms with Crippen molar-refractivity contribution in [2.45, 2.75) is 5.66 Å². The van der Waals surface area contributed by atoms with Gasteiger partial charge in [-0.2, -0.15) is 0 Å². The van der Waals surface area contributed by atoms with Crippen LogP contribution in [0, 0.1) is 0 Å². The molecule has 1 aliphatic carbocycles.